The summed E-state index contributed by atoms with van der Waals surface area (Å²) in [5.74, 6) is -0.345. The first-order valence-electron chi connectivity index (χ1n) is 10.3. The van der Waals surface area contributed by atoms with Crippen molar-refractivity contribution in [2.75, 3.05) is 11.4 Å². The Hall–Kier alpha value is -4.17. The van der Waals surface area contributed by atoms with Gasteiger partial charge in [0.2, 0.25) is 0 Å². The highest BCUT2D eigenvalue weighted by molar-refractivity contribution is 6.33. The van der Waals surface area contributed by atoms with Crippen molar-refractivity contribution in [2.45, 2.75) is 31.5 Å². The van der Waals surface area contributed by atoms with Gasteiger partial charge >= 0.3 is 12.1 Å². The quantitative estimate of drug-likeness (QED) is 0.372. The molecule has 12 heteroatoms. The molecule has 0 spiro atoms. The molecule has 1 unspecified atom stereocenters. The predicted octanol–water partition coefficient (Wildman–Crippen LogP) is 3.22. The van der Waals surface area contributed by atoms with Crippen LogP contribution in [0.5, 0.6) is 5.75 Å². The molecule has 2 bridgehead atoms. The second kappa shape index (κ2) is 7.71. The zero-order chi connectivity index (χ0) is 24.3. The summed E-state index contributed by atoms with van der Waals surface area (Å²) in [7, 11) is 0. The highest BCUT2D eigenvalue weighted by Gasteiger charge is 2.63. The lowest BCUT2D eigenvalue weighted by molar-refractivity contribution is -0.384. The molecule has 11 nitrogen and oxygen atoms in total. The number of nitro groups is 1. The van der Waals surface area contributed by atoms with Crippen LogP contribution in [-0.4, -0.2) is 57.4 Å². The summed E-state index contributed by atoms with van der Waals surface area (Å²) >= 11 is 6.24. The highest BCUT2D eigenvalue weighted by atomic mass is 35.5. The van der Waals surface area contributed by atoms with Gasteiger partial charge in [-0.2, -0.15) is 5.26 Å². The highest BCUT2D eigenvalue weighted by Crippen LogP contribution is 2.44. The summed E-state index contributed by atoms with van der Waals surface area (Å²) in [6, 6.07) is 7.76. The predicted molar refractivity (Wildman–Crippen MR) is 117 cm³/mol. The average molecular weight is 482 g/mol. The Kier molecular flexibility index (Phi) is 4.91. The molecule has 0 saturated carbocycles. The van der Waals surface area contributed by atoms with Gasteiger partial charge in [0.05, 0.1) is 33.3 Å². The summed E-state index contributed by atoms with van der Waals surface area (Å²) < 4.78 is 5.36. The number of anilines is 1. The van der Waals surface area contributed by atoms with E-state index in [2.05, 4.69) is 0 Å². The van der Waals surface area contributed by atoms with Crippen molar-refractivity contribution in [3.05, 3.63) is 62.7 Å². The van der Waals surface area contributed by atoms with Crippen LogP contribution in [0.4, 0.5) is 21.0 Å². The zero-order valence-corrected chi connectivity index (χ0v) is 18.4. The van der Waals surface area contributed by atoms with Crippen LogP contribution in [0.25, 0.3) is 0 Å². The summed E-state index contributed by atoms with van der Waals surface area (Å²) in [6.45, 7) is 1.83. The van der Waals surface area contributed by atoms with Gasteiger partial charge in [0.15, 0.2) is 0 Å². The summed E-state index contributed by atoms with van der Waals surface area (Å²) in [5.41, 5.74) is 0.838. The van der Waals surface area contributed by atoms with Gasteiger partial charge in [-0.05, 0) is 43.2 Å². The van der Waals surface area contributed by atoms with Crippen molar-refractivity contribution >= 4 is 41.0 Å². The van der Waals surface area contributed by atoms with Crippen LogP contribution in [0.1, 0.15) is 17.5 Å². The first-order valence-corrected chi connectivity index (χ1v) is 10.7. The Morgan fingerprint density at radius 3 is 2.59 bits per heavy atom. The van der Waals surface area contributed by atoms with E-state index in [9.17, 15) is 24.5 Å². The SMILES string of the molecule is Cc1c(N2C(=O)[C@@H]3C4C[C@H](CN4C(=O)Oc4ccc([N+](=O)[O-])cc4)N3C2=O)ccc(C#N)c1Cl. The molecule has 3 saturated heterocycles. The summed E-state index contributed by atoms with van der Waals surface area (Å²) in [5, 5.41) is 20.1. The maximum Gasteiger partial charge on any atom is 0.415 e. The number of nitrogens with zero attached hydrogens (tertiary/aromatic N) is 5. The fraction of sp³-hybridized carbons (Fsp3) is 0.273. The van der Waals surface area contributed by atoms with Crippen LogP contribution in [-0.2, 0) is 4.79 Å². The molecular weight excluding hydrogens is 466 g/mol. The Labute approximate surface area is 197 Å². The minimum atomic E-state index is -0.857. The van der Waals surface area contributed by atoms with Crippen LogP contribution >= 0.6 is 11.6 Å². The van der Waals surface area contributed by atoms with E-state index in [0.29, 0.717) is 17.7 Å². The fourth-order valence-electron chi connectivity index (χ4n) is 4.89. The second-order valence-electron chi connectivity index (χ2n) is 8.22. The smallest absolute Gasteiger partial charge is 0.410 e. The molecule has 172 valence electrons. The molecule has 0 aliphatic carbocycles. The van der Waals surface area contributed by atoms with Gasteiger partial charge in [-0.3, -0.25) is 14.9 Å². The number of carbonyl (C=O) groups excluding carboxylic acids is 3. The minimum Gasteiger partial charge on any atom is -0.410 e. The van der Waals surface area contributed by atoms with E-state index in [-0.39, 0.29) is 34.6 Å². The normalized spacial score (nSPS) is 22.7. The number of carbonyl (C=O) groups is 3. The Morgan fingerprint density at radius 2 is 1.94 bits per heavy atom. The molecule has 34 heavy (non-hydrogen) atoms. The van der Waals surface area contributed by atoms with Gasteiger partial charge in [0.1, 0.15) is 17.9 Å². The number of hydrogen-bond acceptors (Lipinski definition) is 7. The number of ether oxygens (including phenoxy) is 1. The van der Waals surface area contributed by atoms with Crippen LogP contribution in [0.15, 0.2) is 36.4 Å². The van der Waals surface area contributed by atoms with Crippen molar-refractivity contribution in [2.24, 2.45) is 0 Å². The second-order valence-corrected chi connectivity index (χ2v) is 8.60. The standard InChI is InChI=1S/C22H16ClN5O6/c1-11-16(7-2-12(9-24)18(11)23)27-20(29)19-17-8-14(26(19)21(27)30)10-25(17)22(31)34-15-5-3-13(4-6-15)28(32)33/h2-7,14,17,19H,8,10H2,1H3/t14-,17?,19+/m1/s1. The number of imide groups is 1. The number of halogens is 1. The van der Waals surface area contributed by atoms with Gasteiger partial charge in [-0.1, -0.05) is 11.6 Å². The van der Waals surface area contributed by atoms with E-state index in [4.69, 9.17) is 21.6 Å². The lowest BCUT2D eigenvalue weighted by Crippen LogP contribution is -2.55. The first kappa shape index (κ1) is 21.7. The number of amides is 4. The minimum absolute atomic E-state index is 0.133. The maximum atomic E-state index is 13.3. The molecule has 3 fully saturated rings. The average Bonchev–Trinajstić information content (AvgIpc) is 3.48. The van der Waals surface area contributed by atoms with Crippen molar-refractivity contribution in [3.8, 4) is 11.8 Å². The van der Waals surface area contributed by atoms with Gasteiger partial charge in [0, 0.05) is 18.7 Å². The van der Waals surface area contributed by atoms with E-state index in [1.807, 2.05) is 6.07 Å². The number of fused-ring (bicyclic) bond motifs is 5. The van der Waals surface area contributed by atoms with Crippen molar-refractivity contribution < 1.29 is 24.0 Å². The molecule has 3 heterocycles. The zero-order valence-electron chi connectivity index (χ0n) is 17.7. The molecule has 2 aromatic carbocycles. The molecule has 3 atom stereocenters. The van der Waals surface area contributed by atoms with Crippen LogP contribution < -0.4 is 9.64 Å². The number of piperazine rings is 1. The van der Waals surface area contributed by atoms with E-state index in [0.717, 1.165) is 4.90 Å². The third kappa shape index (κ3) is 3.07. The molecule has 5 rings (SSSR count). The molecule has 0 radical (unpaired) electrons. The number of urea groups is 1. The van der Waals surface area contributed by atoms with Crippen LogP contribution in [0.3, 0.4) is 0 Å². The molecular formula is C22H16ClN5O6. The number of nitriles is 1. The molecule has 2 aromatic rings. The molecule has 0 aromatic heterocycles. The number of benzene rings is 2. The van der Waals surface area contributed by atoms with Gasteiger partial charge < -0.3 is 14.5 Å². The lowest BCUT2D eigenvalue weighted by atomic mass is 10.1. The van der Waals surface area contributed by atoms with Gasteiger partial charge in [-0.15, -0.1) is 0 Å². The monoisotopic (exact) mass is 481 g/mol. The number of non-ortho nitro benzene ring substituents is 1. The number of likely N-dealkylation sites (tertiary alicyclic amines) is 1. The van der Waals surface area contributed by atoms with E-state index in [1.165, 1.54) is 46.2 Å². The van der Waals surface area contributed by atoms with Crippen LogP contribution in [0, 0.1) is 28.4 Å². The third-order valence-corrected chi connectivity index (χ3v) is 6.96. The Morgan fingerprint density at radius 1 is 1.24 bits per heavy atom. The Bertz CT molecular complexity index is 1310. The van der Waals surface area contributed by atoms with Crippen LogP contribution in [0.2, 0.25) is 5.02 Å². The van der Waals surface area contributed by atoms with E-state index < -0.39 is 35.0 Å². The molecule has 3 aliphatic rings. The number of hydrogen-bond donors (Lipinski definition) is 0. The summed E-state index contributed by atoms with van der Waals surface area (Å²) in [4.78, 5) is 53.6. The van der Waals surface area contributed by atoms with E-state index >= 15 is 0 Å². The number of nitro benzene ring substituents is 1. The molecule has 3 aliphatic heterocycles. The van der Waals surface area contributed by atoms with Crippen molar-refractivity contribution in [3.63, 3.8) is 0 Å². The largest absolute Gasteiger partial charge is 0.415 e. The third-order valence-electron chi connectivity index (χ3n) is 6.47. The fourth-order valence-corrected chi connectivity index (χ4v) is 5.09. The van der Waals surface area contributed by atoms with Gasteiger partial charge in [0.25, 0.3) is 11.6 Å². The maximum absolute atomic E-state index is 13.3. The topological polar surface area (TPSA) is 137 Å². The molecule has 0 N–H and O–H groups in total. The lowest BCUT2D eigenvalue weighted by Gasteiger charge is -2.34. The van der Waals surface area contributed by atoms with Gasteiger partial charge in [-0.25, -0.2) is 14.5 Å². The van der Waals surface area contributed by atoms with Crippen molar-refractivity contribution in [1.82, 2.24) is 9.80 Å². The number of rotatable bonds is 3. The Balaban J connectivity index is 1.37. The first-order chi connectivity index (χ1) is 16.2. The van der Waals surface area contributed by atoms with Crippen molar-refractivity contribution in [1.29, 1.82) is 5.26 Å². The molecule has 4 amide bonds. The van der Waals surface area contributed by atoms with E-state index in [1.54, 1.807) is 6.92 Å². The summed E-state index contributed by atoms with van der Waals surface area (Å²) in [6.07, 6.45) is -0.254.